The normalized spacial score (nSPS) is 10.2. The van der Waals surface area contributed by atoms with Crippen molar-refractivity contribution in [1.29, 1.82) is 0 Å². The van der Waals surface area contributed by atoms with Crippen molar-refractivity contribution in [1.82, 2.24) is 5.32 Å². The molecule has 3 heteroatoms. The van der Waals surface area contributed by atoms with Gasteiger partial charge in [-0.05, 0) is 32.0 Å². The van der Waals surface area contributed by atoms with Gasteiger partial charge >= 0.3 is 0 Å². The standard InChI is InChI=1S/C10H12ClNO/c1-7(2)12-10(13)8-4-3-5-9(11)6-8/h3-7H,1-2H3,(H,12,13). The molecule has 0 aliphatic rings. The first-order chi connectivity index (χ1) is 6.09. The van der Waals surface area contributed by atoms with Crippen LogP contribution in [0.2, 0.25) is 5.02 Å². The van der Waals surface area contributed by atoms with Gasteiger partial charge in [-0.3, -0.25) is 4.79 Å². The van der Waals surface area contributed by atoms with E-state index < -0.39 is 0 Å². The van der Waals surface area contributed by atoms with Gasteiger partial charge in [-0.1, -0.05) is 17.7 Å². The van der Waals surface area contributed by atoms with Crippen LogP contribution in [0, 0.1) is 0 Å². The van der Waals surface area contributed by atoms with Crippen LogP contribution in [0.3, 0.4) is 0 Å². The molecule has 0 unspecified atom stereocenters. The molecule has 0 saturated heterocycles. The molecule has 13 heavy (non-hydrogen) atoms. The zero-order valence-corrected chi connectivity index (χ0v) is 8.43. The molecule has 0 fully saturated rings. The Bertz CT molecular complexity index is 310. The van der Waals surface area contributed by atoms with Crippen LogP contribution in [0.1, 0.15) is 24.2 Å². The van der Waals surface area contributed by atoms with Gasteiger partial charge < -0.3 is 5.32 Å². The monoisotopic (exact) mass is 197 g/mol. The first-order valence-corrected chi connectivity index (χ1v) is 4.54. The van der Waals surface area contributed by atoms with E-state index in [1.807, 2.05) is 13.8 Å². The molecule has 0 heterocycles. The smallest absolute Gasteiger partial charge is 0.251 e. The van der Waals surface area contributed by atoms with Gasteiger partial charge in [-0.2, -0.15) is 0 Å². The minimum absolute atomic E-state index is 0.0856. The fourth-order valence-electron chi connectivity index (χ4n) is 0.975. The van der Waals surface area contributed by atoms with Crippen LogP contribution in [0.4, 0.5) is 0 Å². The van der Waals surface area contributed by atoms with E-state index in [0.29, 0.717) is 10.6 Å². The number of hydrogen-bond donors (Lipinski definition) is 1. The number of carbonyl (C=O) groups is 1. The van der Waals surface area contributed by atoms with Crippen LogP contribution in [0.5, 0.6) is 0 Å². The summed E-state index contributed by atoms with van der Waals surface area (Å²) in [6.07, 6.45) is 0. The summed E-state index contributed by atoms with van der Waals surface area (Å²) in [5.41, 5.74) is 0.598. The van der Waals surface area contributed by atoms with Crippen molar-refractivity contribution < 1.29 is 4.79 Å². The summed E-state index contributed by atoms with van der Waals surface area (Å²) in [6, 6.07) is 7.04. The number of rotatable bonds is 2. The number of halogens is 1. The van der Waals surface area contributed by atoms with Crippen molar-refractivity contribution >= 4 is 17.5 Å². The third-order valence-electron chi connectivity index (χ3n) is 1.51. The van der Waals surface area contributed by atoms with E-state index in [0.717, 1.165) is 0 Å². The molecule has 1 amide bonds. The summed E-state index contributed by atoms with van der Waals surface area (Å²) in [6.45, 7) is 3.84. The van der Waals surface area contributed by atoms with Crippen molar-refractivity contribution in [2.45, 2.75) is 19.9 Å². The maximum absolute atomic E-state index is 11.4. The molecule has 1 rings (SSSR count). The van der Waals surface area contributed by atoms with Gasteiger partial charge in [-0.25, -0.2) is 0 Å². The Balaban J connectivity index is 2.77. The van der Waals surface area contributed by atoms with Crippen molar-refractivity contribution in [2.24, 2.45) is 0 Å². The predicted octanol–water partition coefficient (Wildman–Crippen LogP) is 2.48. The van der Waals surface area contributed by atoms with Crippen LogP contribution in [0.15, 0.2) is 24.3 Å². The lowest BCUT2D eigenvalue weighted by atomic mass is 10.2. The maximum atomic E-state index is 11.4. The fourth-order valence-corrected chi connectivity index (χ4v) is 1.17. The molecule has 0 aliphatic carbocycles. The average molecular weight is 198 g/mol. The highest BCUT2D eigenvalue weighted by atomic mass is 35.5. The molecule has 1 N–H and O–H groups in total. The van der Waals surface area contributed by atoms with E-state index in [2.05, 4.69) is 5.32 Å². The maximum Gasteiger partial charge on any atom is 0.251 e. The summed E-state index contributed by atoms with van der Waals surface area (Å²) in [5.74, 6) is -0.0856. The van der Waals surface area contributed by atoms with Crippen LogP contribution in [-0.2, 0) is 0 Å². The van der Waals surface area contributed by atoms with Gasteiger partial charge in [-0.15, -0.1) is 0 Å². The lowest BCUT2D eigenvalue weighted by Crippen LogP contribution is -2.29. The summed E-state index contributed by atoms with van der Waals surface area (Å²) in [5, 5.41) is 3.37. The molecular formula is C10H12ClNO. The second-order valence-corrected chi connectivity index (χ2v) is 3.57. The van der Waals surface area contributed by atoms with Crippen LogP contribution >= 0.6 is 11.6 Å². The van der Waals surface area contributed by atoms with Crippen molar-refractivity contribution in [3.8, 4) is 0 Å². The van der Waals surface area contributed by atoms with Gasteiger partial charge in [0, 0.05) is 16.6 Å². The molecule has 0 saturated carbocycles. The van der Waals surface area contributed by atoms with Gasteiger partial charge in [0.25, 0.3) is 5.91 Å². The molecule has 70 valence electrons. The largest absolute Gasteiger partial charge is 0.350 e. The van der Waals surface area contributed by atoms with E-state index in [9.17, 15) is 4.79 Å². The molecule has 0 bridgehead atoms. The molecule has 1 aromatic rings. The number of carbonyl (C=O) groups excluding carboxylic acids is 1. The Hall–Kier alpha value is -1.02. The number of nitrogens with one attached hydrogen (secondary N) is 1. The molecule has 0 aromatic heterocycles. The second-order valence-electron chi connectivity index (χ2n) is 3.14. The zero-order valence-electron chi connectivity index (χ0n) is 7.67. The van der Waals surface area contributed by atoms with Crippen molar-refractivity contribution in [3.05, 3.63) is 34.9 Å². The minimum atomic E-state index is -0.0856. The van der Waals surface area contributed by atoms with E-state index in [4.69, 9.17) is 11.6 Å². The highest BCUT2D eigenvalue weighted by molar-refractivity contribution is 6.30. The third kappa shape index (κ3) is 3.07. The van der Waals surface area contributed by atoms with Gasteiger partial charge in [0.1, 0.15) is 0 Å². The fraction of sp³-hybridized carbons (Fsp3) is 0.300. The minimum Gasteiger partial charge on any atom is -0.350 e. The Morgan fingerprint density at radius 1 is 1.46 bits per heavy atom. The first-order valence-electron chi connectivity index (χ1n) is 4.16. The quantitative estimate of drug-likeness (QED) is 0.776. The van der Waals surface area contributed by atoms with E-state index in [-0.39, 0.29) is 11.9 Å². The Morgan fingerprint density at radius 2 is 2.15 bits per heavy atom. The second kappa shape index (κ2) is 4.28. The molecular weight excluding hydrogens is 186 g/mol. The third-order valence-corrected chi connectivity index (χ3v) is 1.74. The molecule has 0 spiro atoms. The van der Waals surface area contributed by atoms with Gasteiger partial charge in [0.15, 0.2) is 0 Å². The highest BCUT2D eigenvalue weighted by Gasteiger charge is 2.05. The van der Waals surface area contributed by atoms with Crippen LogP contribution < -0.4 is 5.32 Å². The highest BCUT2D eigenvalue weighted by Crippen LogP contribution is 2.10. The summed E-state index contributed by atoms with van der Waals surface area (Å²) >= 11 is 5.75. The van der Waals surface area contributed by atoms with E-state index in [1.54, 1.807) is 24.3 Å². The molecule has 0 aliphatic heterocycles. The van der Waals surface area contributed by atoms with Crippen LogP contribution in [0.25, 0.3) is 0 Å². The lowest BCUT2D eigenvalue weighted by Gasteiger charge is -2.07. The Morgan fingerprint density at radius 3 is 2.69 bits per heavy atom. The lowest BCUT2D eigenvalue weighted by molar-refractivity contribution is 0.0943. The SMILES string of the molecule is CC(C)NC(=O)c1cccc(Cl)c1. The Labute approximate surface area is 82.9 Å². The van der Waals surface area contributed by atoms with Gasteiger partial charge in [0.2, 0.25) is 0 Å². The summed E-state index contributed by atoms with van der Waals surface area (Å²) in [7, 11) is 0. The van der Waals surface area contributed by atoms with Crippen LogP contribution in [-0.4, -0.2) is 11.9 Å². The van der Waals surface area contributed by atoms with Crippen molar-refractivity contribution in [3.63, 3.8) is 0 Å². The van der Waals surface area contributed by atoms with Crippen molar-refractivity contribution in [2.75, 3.05) is 0 Å². The molecule has 0 atom stereocenters. The molecule has 0 radical (unpaired) electrons. The topological polar surface area (TPSA) is 29.1 Å². The summed E-state index contributed by atoms with van der Waals surface area (Å²) < 4.78 is 0. The first kappa shape index (κ1) is 10.1. The number of hydrogen-bond acceptors (Lipinski definition) is 1. The predicted molar refractivity (Wildman–Crippen MR) is 54.1 cm³/mol. The Kier molecular flexibility index (Phi) is 3.32. The van der Waals surface area contributed by atoms with E-state index in [1.165, 1.54) is 0 Å². The molecule has 1 aromatic carbocycles. The zero-order chi connectivity index (χ0) is 9.84. The molecule has 2 nitrogen and oxygen atoms in total. The number of benzene rings is 1. The van der Waals surface area contributed by atoms with E-state index >= 15 is 0 Å². The summed E-state index contributed by atoms with van der Waals surface area (Å²) in [4.78, 5) is 11.4. The number of amides is 1. The van der Waals surface area contributed by atoms with Gasteiger partial charge in [0.05, 0.1) is 0 Å². The average Bonchev–Trinajstić information content (AvgIpc) is 2.03.